The second kappa shape index (κ2) is 9.77. The van der Waals surface area contributed by atoms with Crippen molar-refractivity contribution in [2.75, 3.05) is 7.05 Å². The smallest absolute Gasteiger partial charge is 0.269 e. The number of rotatable bonds is 7. The molecular weight excluding hydrogens is 432 g/mol. The van der Waals surface area contributed by atoms with E-state index in [-0.39, 0.29) is 11.6 Å². The Kier molecular flexibility index (Phi) is 6.61. The molecule has 2 aromatic carbocycles. The molecule has 2 atom stereocenters. The van der Waals surface area contributed by atoms with Gasteiger partial charge in [-0.2, -0.15) is 10.2 Å². The molecule has 0 spiro atoms. The zero-order chi connectivity index (χ0) is 24.2. The number of aromatic nitrogens is 2. The average molecular weight is 457 g/mol. The number of allylic oxidation sites excluding steroid dienone is 2. The molecule has 1 aliphatic heterocycles. The van der Waals surface area contributed by atoms with Crippen molar-refractivity contribution < 1.29 is 9.45 Å². The molecule has 2 unspecified atom stereocenters. The lowest BCUT2D eigenvalue weighted by molar-refractivity contribution is -0.384. The van der Waals surface area contributed by atoms with Crippen LogP contribution in [0.25, 0.3) is 5.57 Å². The highest BCUT2D eigenvalue weighted by molar-refractivity contribution is 5.94. The standard InChI is InChI=1S/C25H24N6O3/c1-16-21(13-26)24(19-10-7-11-20(12-19)31(32)33)23(17(2)27-16)25-28-22(29-34-25)15-30(3)14-18-8-5-4-6-9-18/h4-12,21,24H,14-15H2,1-3H3. The summed E-state index contributed by atoms with van der Waals surface area (Å²) in [7, 11) is 1.97. The number of nitriles is 1. The lowest BCUT2D eigenvalue weighted by Gasteiger charge is -2.28. The van der Waals surface area contributed by atoms with Crippen molar-refractivity contribution in [3.8, 4) is 6.07 Å². The lowest BCUT2D eigenvalue weighted by Crippen LogP contribution is -2.25. The summed E-state index contributed by atoms with van der Waals surface area (Å²) in [6.07, 6.45) is 0. The third-order valence-corrected chi connectivity index (χ3v) is 5.81. The summed E-state index contributed by atoms with van der Waals surface area (Å²) < 4.78 is 5.62. The van der Waals surface area contributed by atoms with E-state index in [1.54, 1.807) is 19.1 Å². The molecule has 0 radical (unpaired) electrons. The molecule has 1 aromatic heterocycles. The third kappa shape index (κ3) is 4.77. The van der Waals surface area contributed by atoms with E-state index in [2.05, 4.69) is 38.2 Å². The molecular formula is C25H24N6O3. The maximum absolute atomic E-state index is 11.4. The van der Waals surface area contributed by atoms with Crippen LogP contribution in [0.15, 0.2) is 69.8 Å². The first kappa shape index (κ1) is 23.0. The van der Waals surface area contributed by atoms with Crippen molar-refractivity contribution in [3.63, 3.8) is 0 Å². The number of aliphatic imine (C=N–C) groups is 1. The van der Waals surface area contributed by atoms with Gasteiger partial charge in [-0.1, -0.05) is 47.6 Å². The minimum absolute atomic E-state index is 0.0416. The summed E-state index contributed by atoms with van der Waals surface area (Å²) in [6, 6.07) is 18.7. The minimum Gasteiger partial charge on any atom is -0.334 e. The predicted molar refractivity (Wildman–Crippen MR) is 127 cm³/mol. The Morgan fingerprint density at radius 3 is 2.62 bits per heavy atom. The monoisotopic (exact) mass is 456 g/mol. The van der Waals surface area contributed by atoms with Gasteiger partial charge in [-0.15, -0.1) is 0 Å². The fourth-order valence-electron chi connectivity index (χ4n) is 4.29. The molecule has 0 bridgehead atoms. The summed E-state index contributed by atoms with van der Waals surface area (Å²) >= 11 is 0. The van der Waals surface area contributed by atoms with Gasteiger partial charge >= 0.3 is 0 Å². The van der Waals surface area contributed by atoms with Gasteiger partial charge in [0.15, 0.2) is 5.82 Å². The number of benzene rings is 2. The number of nitrogens with zero attached hydrogens (tertiary/aromatic N) is 6. The molecule has 9 nitrogen and oxygen atoms in total. The molecule has 3 aromatic rings. The van der Waals surface area contributed by atoms with Crippen molar-refractivity contribution in [3.05, 3.63) is 93.3 Å². The van der Waals surface area contributed by atoms with Crippen LogP contribution in [0.2, 0.25) is 0 Å². The van der Waals surface area contributed by atoms with Gasteiger partial charge in [0.25, 0.3) is 11.6 Å². The molecule has 1 aliphatic rings. The Balaban J connectivity index is 1.66. The first-order valence-corrected chi connectivity index (χ1v) is 10.8. The van der Waals surface area contributed by atoms with Gasteiger partial charge in [0.05, 0.1) is 23.5 Å². The zero-order valence-corrected chi connectivity index (χ0v) is 19.2. The summed E-state index contributed by atoms with van der Waals surface area (Å²) in [4.78, 5) is 22.1. The van der Waals surface area contributed by atoms with E-state index < -0.39 is 16.8 Å². The third-order valence-electron chi connectivity index (χ3n) is 5.81. The van der Waals surface area contributed by atoms with E-state index in [1.807, 2.05) is 32.2 Å². The molecule has 34 heavy (non-hydrogen) atoms. The van der Waals surface area contributed by atoms with Crippen LogP contribution in [0.5, 0.6) is 0 Å². The van der Waals surface area contributed by atoms with Gasteiger partial charge in [0.1, 0.15) is 0 Å². The SMILES string of the molecule is CC1=NC(C)=C(c2nc(CN(C)Cc3ccccc3)no2)C(c2cccc([N+](=O)[O-])c2)C1C#N. The van der Waals surface area contributed by atoms with Crippen molar-refractivity contribution in [1.29, 1.82) is 5.26 Å². The van der Waals surface area contributed by atoms with Crippen molar-refractivity contribution in [2.24, 2.45) is 10.9 Å². The zero-order valence-electron chi connectivity index (χ0n) is 19.2. The molecule has 0 aliphatic carbocycles. The van der Waals surface area contributed by atoms with Crippen molar-refractivity contribution in [2.45, 2.75) is 32.9 Å². The quantitative estimate of drug-likeness (QED) is 0.372. The molecule has 4 rings (SSSR count). The number of nitro groups is 1. The molecule has 2 heterocycles. The van der Waals surface area contributed by atoms with Crippen LogP contribution in [-0.2, 0) is 13.1 Å². The van der Waals surface area contributed by atoms with E-state index in [1.165, 1.54) is 17.7 Å². The van der Waals surface area contributed by atoms with Gasteiger partial charge in [0, 0.05) is 41.6 Å². The van der Waals surface area contributed by atoms with Crippen LogP contribution in [0.1, 0.15) is 42.6 Å². The van der Waals surface area contributed by atoms with Gasteiger partial charge in [-0.25, -0.2) is 0 Å². The van der Waals surface area contributed by atoms with Gasteiger partial charge in [-0.3, -0.25) is 20.0 Å². The van der Waals surface area contributed by atoms with E-state index >= 15 is 0 Å². The van der Waals surface area contributed by atoms with Crippen LogP contribution in [0.4, 0.5) is 5.69 Å². The van der Waals surface area contributed by atoms with Gasteiger partial charge < -0.3 is 4.52 Å². The normalized spacial score (nSPS) is 18.0. The van der Waals surface area contributed by atoms with Crippen LogP contribution in [-0.4, -0.2) is 32.7 Å². The molecule has 0 amide bonds. The van der Waals surface area contributed by atoms with Crippen LogP contribution >= 0.6 is 0 Å². The Bertz CT molecular complexity index is 1310. The van der Waals surface area contributed by atoms with Gasteiger partial charge in [0.2, 0.25) is 0 Å². The van der Waals surface area contributed by atoms with E-state index in [4.69, 9.17) is 4.52 Å². The Hall–Kier alpha value is -4.16. The molecule has 172 valence electrons. The van der Waals surface area contributed by atoms with E-state index in [0.29, 0.717) is 34.9 Å². The highest BCUT2D eigenvalue weighted by Crippen LogP contribution is 2.44. The van der Waals surface area contributed by atoms with Gasteiger partial charge in [-0.05, 0) is 32.0 Å². The fraction of sp³-hybridized carbons (Fsp3) is 0.280. The summed E-state index contributed by atoms with van der Waals surface area (Å²) in [5, 5.41) is 25.4. The number of hydrogen-bond donors (Lipinski definition) is 0. The molecule has 0 fully saturated rings. The first-order valence-electron chi connectivity index (χ1n) is 10.8. The second-order valence-electron chi connectivity index (χ2n) is 8.36. The molecule has 9 heteroatoms. The maximum atomic E-state index is 11.4. The van der Waals surface area contributed by atoms with Crippen LogP contribution in [0, 0.1) is 27.4 Å². The number of hydrogen-bond acceptors (Lipinski definition) is 8. The first-order chi connectivity index (χ1) is 16.4. The largest absolute Gasteiger partial charge is 0.334 e. The van der Waals surface area contributed by atoms with Crippen molar-refractivity contribution >= 4 is 17.0 Å². The van der Waals surface area contributed by atoms with Crippen molar-refractivity contribution in [1.82, 2.24) is 15.0 Å². The molecule has 0 saturated heterocycles. The summed E-state index contributed by atoms with van der Waals surface area (Å²) in [5.74, 6) is -0.352. The van der Waals surface area contributed by atoms with Crippen LogP contribution in [0.3, 0.4) is 0 Å². The summed E-state index contributed by atoms with van der Waals surface area (Å²) in [6.45, 7) is 4.80. The summed E-state index contributed by atoms with van der Waals surface area (Å²) in [5.41, 5.74) is 3.66. The molecule has 0 N–H and O–H groups in total. The Morgan fingerprint density at radius 1 is 1.15 bits per heavy atom. The minimum atomic E-state index is -0.614. The fourth-order valence-corrected chi connectivity index (χ4v) is 4.29. The Labute approximate surface area is 197 Å². The number of nitro benzene ring substituents is 1. The topological polar surface area (TPSA) is 121 Å². The molecule has 0 saturated carbocycles. The van der Waals surface area contributed by atoms with E-state index in [9.17, 15) is 15.4 Å². The second-order valence-corrected chi connectivity index (χ2v) is 8.36. The number of non-ortho nitro benzene ring substituents is 1. The van der Waals surface area contributed by atoms with E-state index in [0.717, 1.165) is 6.54 Å². The van der Waals surface area contributed by atoms with Crippen LogP contribution < -0.4 is 0 Å². The predicted octanol–water partition coefficient (Wildman–Crippen LogP) is 4.74. The highest BCUT2D eigenvalue weighted by Gasteiger charge is 2.37. The highest BCUT2D eigenvalue weighted by atomic mass is 16.6. The Morgan fingerprint density at radius 2 is 1.91 bits per heavy atom. The lowest BCUT2D eigenvalue weighted by atomic mass is 9.76. The maximum Gasteiger partial charge on any atom is 0.269 e. The average Bonchev–Trinajstić information content (AvgIpc) is 3.27.